The van der Waals surface area contributed by atoms with Crippen LogP contribution < -0.4 is 0 Å². The van der Waals surface area contributed by atoms with Gasteiger partial charge in [-0.1, -0.05) is 45.4 Å². The molecule has 0 bridgehead atoms. The minimum Gasteiger partial charge on any atom is -0.385 e. The summed E-state index contributed by atoms with van der Waals surface area (Å²) < 4.78 is 0. The van der Waals surface area contributed by atoms with Crippen molar-refractivity contribution in [3.05, 3.63) is 23.3 Å². The summed E-state index contributed by atoms with van der Waals surface area (Å²) in [5, 5.41) is 11.6. The van der Waals surface area contributed by atoms with E-state index in [4.69, 9.17) is 0 Å². The fraction of sp³-hybridized carbons (Fsp3) is 0.800. The molecule has 3 aliphatic rings. The van der Waals surface area contributed by atoms with E-state index >= 15 is 0 Å². The third-order valence-corrected chi connectivity index (χ3v) is 7.12. The number of hydrogen-bond donors (Lipinski definition) is 1. The van der Waals surface area contributed by atoms with E-state index in [-0.39, 0.29) is 10.8 Å². The van der Waals surface area contributed by atoms with Crippen molar-refractivity contribution >= 4 is 0 Å². The van der Waals surface area contributed by atoms with E-state index in [2.05, 4.69) is 34.3 Å². The summed E-state index contributed by atoms with van der Waals surface area (Å²) in [4.78, 5) is 0. The normalized spacial score (nSPS) is 43.8. The van der Waals surface area contributed by atoms with Crippen LogP contribution in [0.2, 0.25) is 0 Å². The molecule has 1 N–H and O–H groups in total. The fourth-order valence-corrected chi connectivity index (χ4v) is 5.56. The van der Waals surface area contributed by atoms with Crippen LogP contribution in [0.4, 0.5) is 0 Å². The highest BCUT2D eigenvalue weighted by molar-refractivity contribution is 5.35. The monoisotopic (exact) mass is 288 g/mol. The Hall–Kier alpha value is -0.560. The number of fused-ring (bicyclic) bond motifs is 2. The van der Waals surface area contributed by atoms with E-state index < -0.39 is 5.60 Å². The van der Waals surface area contributed by atoms with Crippen LogP contribution in [0.1, 0.15) is 79.1 Å². The molecular formula is C20H32O. The molecule has 2 saturated carbocycles. The third kappa shape index (κ3) is 2.07. The van der Waals surface area contributed by atoms with E-state index in [0.717, 1.165) is 31.3 Å². The maximum absolute atomic E-state index is 11.6. The predicted molar refractivity (Wildman–Crippen MR) is 89.1 cm³/mol. The first-order valence-electron chi connectivity index (χ1n) is 8.85. The van der Waals surface area contributed by atoms with Crippen molar-refractivity contribution in [1.82, 2.24) is 0 Å². The van der Waals surface area contributed by atoms with Crippen molar-refractivity contribution in [2.45, 2.75) is 84.7 Å². The fourth-order valence-electron chi connectivity index (χ4n) is 5.56. The van der Waals surface area contributed by atoms with Crippen molar-refractivity contribution in [2.24, 2.45) is 16.7 Å². The summed E-state index contributed by atoms with van der Waals surface area (Å²) in [5.74, 6) is 0.660. The van der Waals surface area contributed by atoms with Gasteiger partial charge in [0.25, 0.3) is 0 Å². The van der Waals surface area contributed by atoms with Gasteiger partial charge in [0.1, 0.15) is 0 Å². The molecule has 0 aliphatic heterocycles. The third-order valence-electron chi connectivity index (χ3n) is 7.12. The molecule has 21 heavy (non-hydrogen) atoms. The average Bonchev–Trinajstić information content (AvgIpc) is 2.67. The van der Waals surface area contributed by atoms with Crippen molar-refractivity contribution < 1.29 is 5.11 Å². The average molecular weight is 288 g/mol. The smallest absolute Gasteiger partial charge is 0.0915 e. The van der Waals surface area contributed by atoms with Crippen molar-refractivity contribution in [3.8, 4) is 0 Å². The molecule has 3 unspecified atom stereocenters. The van der Waals surface area contributed by atoms with Crippen LogP contribution in [-0.4, -0.2) is 10.7 Å². The summed E-state index contributed by atoms with van der Waals surface area (Å²) in [6, 6.07) is 0. The van der Waals surface area contributed by atoms with Crippen molar-refractivity contribution in [3.63, 3.8) is 0 Å². The van der Waals surface area contributed by atoms with Crippen molar-refractivity contribution in [1.29, 1.82) is 0 Å². The second-order valence-electron chi connectivity index (χ2n) is 8.77. The van der Waals surface area contributed by atoms with Gasteiger partial charge in [-0.25, -0.2) is 0 Å². The lowest BCUT2D eigenvalue weighted by atomic mass is 9.58. The molecule has 3 atom stereocenters. The van der Waals surface area contributed by atoms with Gasteiger partial charge in [-0.05, 0) is 68.3 Å². The van der Waals surface area contributed by atoms with E-state index in [1.165, 1.54) is 25.7 Å². The summed E-state index contributed by atoms with van der Waals surface area (Å²) in [6.45, 7) is 13.7. The van der Waals surface area contributed by atoms with Crippen LogP contribution in [0.3, 0.4) is 0 Å². The summed E-state index contributed by atoms with van der Waals surface area (Å²) in [5.41, 5.74) is 4.07. The van der Waals surface area contributed by atoms with E-state index in [0.29, 0.717) is 5.92 Å². The topological polar surface area (TPSA) is 20.2 Å². The van der Waals surface area contributed by atoms with E-state index in [1.54, 1.807) is 11.1 Å². The first-order chi connectivity index (χ1) is 9.72. The van der Waals surface area contributed by atoms with Gasteiger partial charge in [0.2, 0.25) is 0 Å². The standard InChI is InChI=1S/C20H32O/c1-14(2)16-8-11-18(4)13-20(21)15(3)7-6-10-19(20,5)12-9-17(16)18/h14,21H,3,6-13H2,1-2,4-5H3. The molecule has 0 spiro atoms. The van der Waals surface area contributed by atoms with Gasteiger partial charge < -0.3 is 5.11 Å². The molecule has 0 radical (unpaired) electrons. The Morgan fingerprint density at radius 2 is 1.76 bits per heavy atom. The second-order valence-corrected chi connectivity index (χ2v) is 8.77. The Labute approximate surface area is 130 Å². The minimum atomic E-state index is -0.645. The minimum absolute atomic E-state index is 0.0325. The lowest BCUT2D eigenvalue weighted by Crippen LogP contribution is -2.51. The predicted octanol–water partition coefficient (Wildman–Crippen LogP) is 5.40. The second kappa shape index (κ2) is 4.72. The number of allylic oxidation sites excluding steroid dienone is 2. The Morgan fingerprint density at radius 3 is 2.43 bits per heavy atom. The quantitative estimate of drug-likeness (QED) is 0.640. The molecule has 3 aliphatic carbocycles. The summed E-state index contributed by atoms with van der Waals surface area (Å²) in [6.07, 6.45) is 9.05. The number of rotatable bonds is 1. The Bertz CT molecular complexity index is 500. The molecule has 0 aromatic carbocycles. The zero-order valence-corrected chi connectivity index (χ0v) is 14.4. The SMILES string of the molecule is C=C1CCCC2(C)CCC3=C(C(C)C)CCC3(C)CC12O. The van der Waals surface area contributed by atoms with Crippen LogP contribution in [0.25, 0.3) is 0 Å². The lowest BCUT2D eigenvalue weighted by Gasteiger charge is -2.51. The lowest BCUT2D eigenvalue weighted by molar-refractivity contribution is -0.0851. The molecule has 1 heteroatoms. The van der Waals surface area contributed by atoms with Gasteiger partial charge in [-0.15, -0.1) is 0 Å². The van der Waals surface area contributed by atoms with E-state index in [9.17, 15) is 5.11 Å². The van der Waals surface area contributed by atoms with E-state index in [1.807, 2.05) is 0 Å². The maximum Gasteiger partial charge on any atom is 0.0915 e. The molecule has 0 aromatic rings. The molecule has 0 aromatic heterocycles. The van der Waals surface area contributed by atoms with Gasteiger partial charge in [-0.2, -0.15) is 0 Å². The molecule has 3 rings (SSSR count). The Morgan fingerprint density at radius 1 is 1.05 bits per heavy atom. The molecule has 0 amide bonds. The number of aliphatic hydroxyl groups is 1. The first-order valence-corrected chi connectivity index (χ1v) is 8.85. The van der Waals surface area contributed by atoms with Gasteiger partial charge in [0, 0.05) is 5.41 Å². The largest absolute Gasteiger partial charge is 0.385 e. The highest BCUT2D eigenvalue weighted by Crippen LogP contribution is 2.62. The highest BCUT2D eigenvalue weighted by Gasteiger charge is 2.57. The van der Waals surface area contributed by atoms with Crippen LogP contribution in [0, 0.1) is 16.7 Å². The van der Waals surface area contributed by atoms with Gasteiger partial charge >= 0.3 is 0 Å². The summed E-state index contributed by atoms with van der Waals surface area (Å²) in [7, 11) is 0. The van der Waals surface area contributed by atoms with Crippen LogP contribution in [0.5, 0.6) is 0 Å². The van der Waals surface area contributed by atoms with Gasteiger partial charge in [0.05, 0.1) is 5.60 Å². The molecule has 2 fully saturated rings. The Kier molecular flexibility index (Phi) is 3.44. The van der Waals surface area contributed by atoms with Crippen molar-refractivity contribution in [2.75, 3.05) is 0 Å². The summed E-state index contributed by atoms with van der Waals surface area (Å²) >= 11 is 0. The highest BCUT2D eigenvalue weighted by atomic mass is 16.3. The molecule has 0 saturated heterocycles. The van der Waals surface area contributed by atoms with Crippen LogP contribution in [-0.2, 0) is 0 Å². The molecule has 0 heterocycles. The van der Waals surface area contributed by atoms with Gasteiger partial charge in [-0.3, -0.25) is 0 Å². The number of hydrogen-bond acceptors (Lipinski definition) is 1. The zero-order valence-electron chi connectivity index (χ0n) is 14.4. The van der Waals surface area contributed by atoms with Gasteiger partial charge in [0.15, 0.2) is 0 Å². The zero-order chi connectivity index (χ0) is 15.5. The maximum atomic E-state index is 11.6. The first kappa shape index (κ1) is 15.3. The molecule has 1 nitrogen and oxygen atoms in total. The molecule has 118 valence electrons. The van der Waals surface area contributed by atoms with Crippen LogP contribution in [0.15, 0.2) is 23.3 Å². The Balaban J connectivity index is 2.07. The van der Waals surface area contributed by atoms with Crippen LogP contribution >= 0.6 is 0 Å². The molecular weight excluding hydrogens is 256 g/mol.